The van der Waals surface area contributed by atoms with Gasteiger partial charge in [-0.05, 0) is 95.6 Å². The molecule has 2 rings (SSSR count). The number of rotatable bonds is 13. The predicted octanol–water partition coefficient (Wildman–Crippen LogP) is 4.65. The summed E-state index contributed by atoms with van der Waals surface area (Å²) in [5, 5.41) is 3.25. The van der Waals surface area contributed by atoms with Gasteiger partial charge in [-0.1, -0.05) is 25.2 Å². The van der Waals surface area contributed by atoms with Gasteiger partial charge in [-0.15, -0.1) is 0 Å². The number of esters is 1. The molecule has 2 amide bonds. The Morgan fingerprint density at radius 3 is 2.35 bits per heavy atom. The lowest BCUT2D eigenvalue weighted by atomic mass is 10.0. The molecule has 0 saturated heterocycles. The second kappa shape index (κ2) is 17.6. The zero-order chi connectivity index (χ0) is 31.9. The lowest BCUT2D eigenvalue weighted by Gasteiger charge is -2.30. The van der Waals surface area contributed by atoms with Crippen LogP contribution in [0.3, 0.4) is 0 Å². The molecular weight excluding hydrogens is 546 g/mol. The molecule has 0 aliphatic carbocycles. The van der Waals surface area contributed by atoms with Gasteiger partial charge in [0.25, 0.3) is 0 Å². The Bertz CT molecular complexity index is 1340. The number of anilines is 2. The molecule has 10 nitrogen and oxygen atoms in total. The summed E-state index contributed by atoms with van der Waals surface area (Å²) in [6, 6.07) is 11.1. The Morgan fingerprint density at radius 1 is 1.02 bits per heavy atom. The standard InChI is InChI=1S/C33H45N5O5/c1-8-10-18-43-33(41)36-32(34)26-13-15-28(16-14-26)35-17-11-12-27-19-25(6)29(20-24(27)5)38(23(3)4)30(39)21-37(7)22-31(40)42-9-2/h13-16,19-20,23,35H,8-10,17-18,21-22H2,1-7H3,(H2,34,36,41). The monoisotopic (exact) mass is 591 g/mol. The molecule has 43 heavy (non-hydrogen) atoms. The molecule has 0 fully saturated rings. The maximum atomic E-state index is 13.2. The van der Waals surface area contributed by atoms with Crippen LogP contribution in [-0.2, 0) is 19.1 Å². The molecule has 0 saturated carbocycles. The molecule has 0 unspecified atom stereocenters. The number of benzene rings is 2. The molecule has 0 aromatic heterocycles. The summed E-state index contributed by atoms with van der Waals surface area (Å²) in [6.45, 7) is 12.8. The van der Waals surface area contributed by atoms with Crippen molar-refractivity contribution in [2.24, 2.45) is 10.7 Å². The minimum Gasteiger partial charge on any atom is -0.465 e. The van der Waals surface area contributed by atoms with Gasteiger partial charge in [0.05, 0.1) is 32.8 Å². The minimum atomic E-state index is -0.691. The van der Waals surface area contributed by atoms with Crippen LogP contribution in [0.1, 0.15) is 62.8 Å². The van der Waals surface area contributed by atoms with Crippen LogP contribution in [0, 0.1) is 25.7 Å². The van der Waals surface area contributed by atoms with Gasteiger partial charge in [0.2, 0.25) is 5.91 Å². The number of hydrogen-bond acceptors (Lipinski definition) is 7. The minimum absolute atomic E-state index is 0.0498. The van der Waals surface area contributed by atoms with Gasteiger partial charge in [-0.25, -0.2) is 4.79 Å². The normalized spacial score (nSPS) is 11.1. The number of amides is 2. The third kappa shape index (κ3) is 11.4. The van der Waals surface area contributed by atoms with Gasteiger partial charge in [-0.2, -0.15) is 4.99 Å². The van der Waals surface area contributed by atoms with Crippen molar-refractivity contribution >= 4 is 35.2 Å². The Labute approximate surface area is 255 Å². The SMILES string of the molecule is CCCCOC(=O)N=C(N)c1ccc(NCC#Cc2cc(C)c(N(C(=O)CN(C)CC(=O)OCC)C(C)C)cc2C)cc1. The van der Waals surface area contributed by atoms with E-state index in [1.54, 1.807) is 35.9 Å². The van der Waals surface area contributed by atoms with Crippen LogP contribution < -0.4 is 16.0 Å². The van der Waals surface area contributed by atoms with Crippen molar-refractivity contribution in [3.63, 3.8) is 0 Å². The van der Waals surface area contributed by atoms with Crippen LogP contribution in [0.15, 0.2) is 41.4 Å². The maximum absolute atomic E-state index is 13.2. The molecule has 232 valence electrons. The van der Waals surface area contributed by atoms with Crippen molar-refractivity contribution in [2.75, 3.05) is 50.1 Å². The third-order valence-electron chi connectivity index (χ3n) is 6.42. The highest BCUT2D eigenvalue weighted by atomic mass is 16.5. The second-order valence-corrected chi connectivity index (χ2v) is 10.5. The number of amidine groups is 1. The van der Waals surface area contributed by atoms with Crippen molar-refractivity contribution in [2.45, 2.75) is 60.4 Å². The second-order valence-electron chi connectivity index (χ2n) is 10.5. The molecule has 0 spiro atoms. The Kier molecular flexibility index (Phi) is 14.2. The van der Waals surface area contributed by atoms with Gasteiger partial charge in [0.15, 0.2) is 0 Å². The number of ether oxygens (including phenoxy) is 2. The average molecular weight is 592 g/mol. The molecule has 10 heteroatoms. The summed E-state index contributed by atoms with van der Waals surface area (Å²) in [6.07, 6.45) is 1.02. The van der Waals surface area contributed by atoms with Crippen molar-refractivity contribution < 1.29 is 23.9 Å². The van der Waals surface area contributed by atoms with E-state index in [2.05, 4.69) is 22.2 Å². The number of hydrogen-bond donors (Lipinski definition) is 2. The van der Waals surface area contributed by atoms with Crippen molar-refractivity contribution in [1.29, 1.82) is 0 Å². The molecule has 0 heterocycles. The molecule has 0 atom stereocenters. The fourth-order valence-electron chi connectivity index (χ4n) is 4.23. The summed E-state index contributed by atoms with van der Waals surface area (Å²) < 4.78 is 10.0. The lowest BCUT2D eigenvalue weighted by molar-refractivity contribution is -0.144. The van der Waals surface area contributed by atoms with E-state index in [-0.39, 0.29) is 36.8 Å². The fourth-order valence-corrected chi connectivity index (χ4v) is 4.23. The van der Waals surface area contributed by atoms with E-state index in [1.165, 1.54) is 0 Å². The smallest absolute Gasteiger partial charge is 0.435 e. The average Bonchev–Trinajstić information content (AvgIpc) is 2.93. The molecule has 2 aromatic rings. The van der Waals surface area contributed by atoms with E-state index in [1.807, 2.05) is 58.9 Å². The van der Waals surface area contributed by atoms with Crippen molar-refractivity contribution in [3.8, 4) is 11.8 Å². The van der Waals surface area contributed by atoms with Gasteiger partial charge in [0.1, 0.15) is 5.84 Å². The van der Waals surface area contributed by atoms with Crippen molar-refractivity contribution in [3.05, 3.63) is 58.7 Å². The van der Waals surface area contributed by atoms with Crippen LogP contribution in [0.25, 0.3) is 0 Å². The largest absolute Gasteiger partial charge is 0.465 e. The molecular formula is C33H45N5O5. The zero-order valence-corrected chi connectivity index (χ0v) is 26.5. The number of nitrogens with zero attached hydrogens (tertiary/aromatic N) is 3. The number of unbranched alkanes of at least 4 members (excludes halogenated alkanes) is 1. The number of aliphatic imine (C=N–C) groups is 1. The number of nitrogens with one attached hydrogen (secondary N) is 1. The van der Waals surface area contributed by atoms with E-state index in [4.69, 9.17) is 15.2 Å². The zero-order valence-electron chi connectivity index (χ0n) is 26.5. The summed E-state index contributed by atoms with van der Waals surface area (Å²) in [4.78, 5) is 44.0. The highest BCUT2D eigenvalue weighted by Gasteiger charge is 2.23. The van der Waals surface area contributed by atoms with Crippen LogP contribution in [-0.4, -0.2) is 74.6 Å². The highest BCUT2D eigenvalue weighted by Crippen LogP contribution is 2.26. The molecule has 0 aliphatic heterocycles. The molecule has 0 radical (unpaired) electrons. The molecule has 3 N–H and O–H groups in total. The van der Waals surface area contributed by atoms with Gasteiger partial charge >= 0.3 is 12.1 Å². The van der Waals surface area contributed by atoms with Crippen LogP contribution in [0.5, 0.6) is 0 Å². The van der Waals surface area contributed by atoms with E-state index >= 15 is 0 Å². The number of carbonyl (C=O) groups is 3. The molecule has 0 bridgehead atoms. The molecule has 0 aliphatic rings. The summed E-state index contributed by atoms with van der Waals surface area (Å²) in [5.74, 6) is 6.02. The third-order valence-corrected chi connectivity index (χ3v) is 6.42. The summed E-state index contributed by atoms with van der Waals surface area (Å²) in [5.41, 5.74) is 11.0. The number of carbonyl (C=O) groups excluding carboxylic acids is 3. The first-order valence-corrected chi connectivity index (χ1v) is 14.6. The first-order valence-electron chi connectivity index (χ1n) is 14.6. The maximum Gasteiger partial charge on any atom is 0.435 e. The van der Waals surface area contributed by atoms with Gasteiger partial charge < -0.3 is 25.4 Å². The first kappa shape index (κ1) is 34.8. The Balaban J connectivity index is 2.04. The summed E-state index contributed by atoms with van der Waals surface area (Å²) in [7, 11) is 1.73. The van der Waals surface area contributed by atoms with E-state index in [0.29, 0.717) is 25.3 Å². The first-order chi connectivity index (χ1) is 20.5. The Morgan fingerprint density at radius 2 is 1.72 bits per heavy atom. The predicted molar refractivity (Wildman–Crippen MR) is 171 cm³/mol. The lowest BCUT2D eigenvalue weighted by Crippen LogP contribution is -2.44. The summed E-state index contributed by atoms with van der Waals surface area (Å²) >= 11 is 0. The van der Waals surface area contributed by atoms with E-state index < -0.39 is 6.09 Å². The van der Waals surface area contributed by atoms with Gasteiger partial charge in [-0.3, -0.25) is 14.5 Å². The van der Waals surface area contributed by atoms with Gasteiger partial charge in [0, 0.05) is 28.5 Å². The highest BCUT2D eigenvalue weighted by molar-refractivity contribution is 6.03. The number of aryl methyl sites for hydroxylation is 2. The van der Waals surface area contributed by atoms with Crippen LogP contribution in [0.4, 0.5) is 16.2 Å². The van der Waals surface area contributed by atoms with Crippen LogP contribution >= 0.6 is 0 Å². The number of likely N-dealkylation sites (N-methyl/N-ethyl adjacent to an activating group) is 1. The van der Waals surface area contributed by atoms with Crippen LogP contribution in [0.2, 0.25) is 0 Å². The number of nitrogens with two attached hydrogens (primary N) is 1. The quantitative estimate of drug-likeness (QED) is 0.113. The van der Waals surface area contributed by atoms with Crippen molar-refractivity contribution in [1.82, 2.24) is 4.90 Å². The Hall–Kier alpha value is -4.36. The molecule has 2 aromatic carbocycles. The topological polar surface area (TPSA) is 127 Å². The fraction of sp³-hybridized carbons (Fsp3) is 0.455. The van der Waals surface area contributed by atoms with E-state index in [0.717, 1.165) is 40.9 Å². The van der Waals surface area contributed by atoms with E-state index in [9.17, 15) is 14.4 Å².